The van der Waals surface area contributed by atoms with Crippen LogP contribution in [0.4, 0.5) is 0 Å². The summed E-state index contributed by atoms with van der Waals surface area (Å²) in [6, 6.07) is 0. The van der Waals surface area contributed by atoms with Gasteiger partial charge in [0.1, 0.15) is 0 Å². The van der Waals surface area contributed by atoms with E-state index in [1.165, 1.54) is 40.7 Å². The minimum absolute atomic E-state index is 0. The van der Waals surface area contributed by atoms with Crippen molar-refractivity contribution >= 4 is 8.58 Å². The molecule has 0 bridgehead atoms. The minimum atomic E-state index is 0. The van der Waals surface area contributed by atoms with Gasteiger partial charge in [-0.05, 0) is 23.7 Å². The van der Waals surface area contributed by atoms with Crippen molar-refractivity contribution in [1.29, 1.82) is 0 Å². The van der Waals surface area contributed by atoms with Crippen LogP contribution in [0.2, 0.25) is 0 Å². The Morgan fingerprint density at radius 3 is 2.00 bits per heavy atom. The second-order valence-corrected chi connectivity index (χ2v) is 7.33. The van der Waals surface area contributed by atoms with Crippen molar-refractivity contribution in [3.63, 3.8) is 0 Å². The first-order valence-corrected chi connectivity index (χ1v) is 5.93. The van der Waals surface area contributed by atoms with Crippen LogP contribution in [0.5, 0.6) is 0 Å². The molecule has 0 radical (unpaired) electrons. The average Bonchev–Trinajstić information content (AvgIpc) is 1.85. The third-order valence-electron chi connectivity index (χ3n) is 2.24. The van der Waals surface area contributed by atoms with Crippen LogP contribution < -0.4 is 18.9 Å². The van der Waals surface area contributed by atoms with Crippen LogP contribution in [-0.4, -0.2) is 10.8 Å². The van der Waals surface area contributed by atoms with Gasteiger partial charge in [0.2, 0.25) is 0 Å². The topological polar surface area (TPSA) is 0 Å². The normalized spacial score (nSPS) is 21.2. The largest absolute Gasteiger partial charge is 1.00 e. The molecule has 0 aliphatic heterocycles. The molecule has 0 aromatic rings. The van der Waals surface area contributed by atoms with E-state index >= 15 is 0 Å². The molecule has 1 rings (SSSR count). The van der Waals surface area contributed by atoms with E-state index in [4.69, 9.17) is 0 Å². The van der Waals surface area contributed by atoms with E-state index in [9.17, 15) is 0 Å². The van der Waals surface area contributed by atoms with E-state index in [0.717, 1.165) is 5.66 Å². The number of hydrogen-bond donors (Lipinski definition) is 0. The zero-order chi connectivity index (χ0) is 8.32. The van der Waals surface area contributed by atoms with Gasteiger partial charge in [0.05, 0.1) is 0 Å². The molecular formula is C10H22LiP. The summed E-state index contributed by atoms with van der Waals surface area (Å²) in [7, 11) is 1.19. The summed E-state index contributed by atoms with van der Waals surface area (Å²) in [6.07, 6.45) is 7.50. The average molecular weight is 180 g/mol. The second-order valence-electron chi connectivity index (χ2n) is 4.73. The summed E-state index contributed by atoms with van der Waals surface area (Å²) in [4.78, 5) is 0. The van der Waals surface area contributed by atoms with E-state index in [2.05, 4.69) is 20.8 Å². The summed E-state index contributed by atoms with van der Waals surface area (Å²) in [5.74, 6) is 0. The van der Waals surface area contributed by atoms with Gasteiger partial charge in [-0.1, -0.05) is 40.0 Å². The van der Waals surface area contributed by atoms with Gasteiger partial charge in [-0.2, -0.15) is 0 Å². The Morgan fingerprint density at radius 1 is 1.08 bits per heavy atom. The maximum absolute atomic E-state index is 2.38. The number of rotatable bonds is 1. The molecule has 0 aromatic carbocycles. The van der Waals surface area contributed by atoms with Crippen LogP contribution in [0.15, 0.2) is 0 Å². The maximum atomic E-state index is 2.38. The maximum Gasteiger partial charge on any atom is 1.00 e. The molecule has 0 N–H and O–H groups in total. The van der Waals surface area contributed by atoms with Gasteiger partial charge in [-0.15, -0.1) is 8.58 Å². The molecule has 0 amide bonds. The Balaban J connectivity index is 0. The molecule has 1 aliphatic carbocycles. The molecule has 12 heavy (non-hydrogen) atoms. The Morgan fingerprint density at radius 2 is 1.58 bits per heavy atom. The van der Waals surface area contributed by atoms with Crippen LogP contribution >= 0.6 is 8.58 Å². The Labute approximate surface area is 92.7 Å². The SMILES string of the molecule is CC(C)(C)PC1CCCCC1.[H-].[Li+]. The van der Waals surface area contributed by atoms with E-state index in [1.807, 2.05) is 0 Å². The predicted molar refractivity (Wildman–Crippen MR) is 56.1 cm³/mol. The third-order valence-corrected chi connectivity index (χ3v) is 4.09. The second kappa shape index (κ2) is 5.69. The summed E-state index contributed by atoms with van der Waals surface area (Å²) in [5.41, 5.74) is 1.07. The smallest absolute Gasteiger partial charge is 1.00 e. The summed E-state index contributed by atoms with van der Waals surface area (Å²) in [5, 5.41) is 0.585. The van der Waals surface area contributed by atoms with Crippen molar-refractivity contribution in [2.24, 2.45) is 0 Å². The van der Waals surface area contributed by atoms with Crippen molar-refractivity contribution in [3.05, 3.63) is 0 Å². The van der Waals surface area contributed by atoms with Gasteiger partial charge < -0.3 is 1.43 Å². The third kappa shape index (κ3) is 5.64. The standard InChI is InChI=1S/C10H21P.Li.H/c1-10(2,3)11-9-7-5-4-6-8-9;;/h9,11H,4-8H2,1-3H3;;/q;+1;-1. The first-order chi connectivity index (χ1) is 5.08. The van der Waals surface area contributed by atoms with E-state index in [0.29, 0.717) is 5.16 Å². The van der Waals surface area contributed by atoms with Gasteiger partial charge >= 0.3 is 18.9 Å². The molecule has 0 aromatic heterocycles. The molecule has 1 aliphatic rings. The van der Waals surface area contributed by atoms with Crippen LogP contribution in [0.1, 0.15) is 54.3 Å². The zero-order valence-electron chi connectivity index (χ0n) is 10.1. The first kappa shape index (κ1) is 13.0. The summed E-state index contributed by atoms with van der Waals surface area (Å²) < 4.78 is 0. The fourth-order valence-corrected chi connectivity index (χ4v) is 3.78. The number of hydrogen-bond acceptors (Lipinski definition) is 0. The van der Waals surface area contributed by atoms with E-state index in [1.54, 1.807) is 0 Å². The quantitative estimate of drug-likeness (QED) is 0.415. The van der Waals surface area contributed by atoms with Gasteiger partial charge in [-0.25, -0.2) is 0 Å². The molecule has 0 nitrogen and oxygen atoms in total. The minimum Gasteiger partial charge on any atom is -1.00 e. The van der Waals surface area contributed by atoms with Crippen molar-refractivity contribution < 1.29 is 20.3 Å². The fraction of sp³-hybridized carbons (Fsp3) is 1.00. The molecular weight excluding hydrogens is 158 g/mol. The van der Waals surface area contributed by atoms with Crippen LogP contribution in [-0.2, 0) is 0 Å². The Bertz CT molecular complexity index is 117. The summed E-state index contributed by atoms with van der Waals surface area (Å²) in [6.45, 7) is 7.13. The monoisotopic (exact) mass is 180 g/mol. The van der Waals surface area contributed by atoms with Gasteiger partial charge in [0.25, 0.3) is 0 Å². The van der Waals surface area contributed by atoms with Crippen molar-refractivity contribution in [2.45, 2.75) is 63.7 Å². The Hall–Kier alpha value is 1.03. The summed E-state index contributed by atoms with van der Waals surface area (Å²) >= 11 is 0. The van der Waals surface area contributed by atoms with Crippen molar-refractivity contribution in [3.8, 4) is 0 Å². The molecule has 1 saturated carbocycles. The molecule has 1 unspecified atom stereocenters. The van der Waals surface area contributed by atoms with Crippen molar-refractivity contribution in [2.75, 3.05) is 0 Å². The van der Waals surface area contributed by atoms with E-state index < -0.39 is 0 Å². The zero-order valence-corrected chi connectivity index (χ0v) is 10.1. The first-order valence-electron chi connectivity index (χ1n) is 4.86. The molecule has 2 heteroatoms. The fourth-order valence-electron chi connectivity index (χ4n) is 1.86. The molecule has 0 spiro atoms. The van der Waals surface area contributed by atoms with Crippen molar-refractivity contribution in [1.82, 2.24) is 0 Å². The molecule has 0 heterocycles. The van der Waals surface area contributed by atoms with Crippen LogP contribution in [0.3, 0.4) is 0 Å². The molecule has 68 valence electrons. The van der Waals surface area contributed by atoms with Gasteiger partial charge in [0.15, 0.2) is 0 Å². The Kier molecular flexibility index (Phi) is 6.18. The van der Waals surface area contributed by atoms with Gasteiger partial charge in [0, 0.05) is 0 Å². The predicted octanol–water partition coefficient (Wildman–Crippen LogP) is 0.913. The van der Waals surface area contributed by atoms with Crippen LogP contribution in [0, 0.1) is 0 Å². The molecule has 0 saturated heterocycles. The molecule has 1 atom stereocenters. The van der Waals surface area contributed by atoms with Gasteiger partial charge in [-0.3, -0.25) is 0 Å². The molecule has 1 fully saturated rings. The van der Waals surface area contributed by atoms with Crippen LogP contribution in [0.25, 0.3) is 0 Å². The van der Waals surface area contributed by atoms with E-state index in [-0.39, 0.29) is 20.3 Å².